The molecule has 0 heterocycles. The Morgan fingerprint density at radius 1 is 0.788 bits per heavy atom. The molecule has 3 rings (SSSR count). The van der Waals surface area contributed by atoms with Gasteiger partial charge >= 0.3 is 0 Å². The summed E-state index contributed by atoms with van der Waals surface area (Å²) in [4.78, 5) is 12.7. The van der Waals surface area contributed by atoms with Crippen LogP contribution in [0.3, 0.4) is 0 Å². The number of para-hydroxylation sites is 1. The summed E-state index contributed by atoms with van der Waals surface area (Å²) in [6, 6.07) is 22.4. The number of nitrogens with one attached hydrogen (secondary N) is 1. The van der Waals surface area contributed by atoms with Gasteiger partial charge in [0.15, 0.2) is 0 Å². The molecule has 8 heteroatoms. The van der Waals surface area contributed by atoms with Crippen molar-refractivity contribution in [1.82, 2.24) is 4.31 Å². The Kier molecular flexibility index (Phi) is 8.46. The van der Waals surface area contributed by atoms with Gasteiger partial charge < -0.3 is 14.8 Å². The van der Waals surface area contributed by atoms with Gasteiger partial charge in [-0.15, -0.1) is 0 Å². The molecule has 7 nitrogen and oxygen atoms in total. The van der Waals surface area contributed by atoms with Gasteiger partial charge in [0.05, 0.1) is 4.90 Å². The first-order valence-electron chi connectivity index (χ1n) is 10.8. The molecule has 33 heavy (non-hydrogen) atoms. The van der Waals surface area contributed by atoms with Gasteiger partial charge in [-0.2, -0.15) is 4.31 Å². The van der Waals surface area contributed by atoms with Crippen molar-refractivity contribution in [3.63, 3.8) is 0 Å². The van der Waals surface area contributed by atoms with Crippen molar-refractivity contribution in [2.75, 3.05) is 31.6 Å². The summed E-state index contributed by atoms with van der Waals surface area (Å²) in [7, 11) is -3.53. The van der Waals surface area contributed by atoms with E-state index in [-0.39, 0.29) is 10.8 Å². The minimum absolute atomic E-state index is 0.196. The Balaban J connectivity index is 1.52. The third kappa shape index (κ3) is 6.57. The summed E-state index contributed by atoms with van der Waals surface area (Å²) < 4.78 is 37.7. The molecule has 0 unspecified atom stereocenters. The fourth-order valence-corrected chi connectivity index (χ4v) is 4.62. The van der Waals surface area contributed by atoms with E-state index in [0.29, 0.717) is 43.3 Å². The highest BCUT2D eigenvalue weighted by atomic mass is 32.2. The lowest BCUT2D eigenvalue weighted by Gasteiger charge is -2.18. The second-order valence-corrected chi connectivity index (χ2v) is 9.04. The molecule has 174 valence electrons. The number of carbonyl (C=O) groups is 1. The fourth-order valence-electron chi connectivity index (χ4n) is 3.16. The van der Waals surface area contributed by atoms with Crippen LogP contribution in [0, 0.1) is 0 Å². The van der Waals surface area contributed by atoms with E-state index >= 15 is 0 Å². The Labute approximate surface area is 195 Å². The van der Waals surface area contributed by atoms with Crippen LogP contribution < -0.4 is 14.8 Å². The third-order valence-electron chi connectivity index (χ3n) is 4.94. The normalized spacial score (nSPS) is 11.2. The Morgan fingerprint density at radius 2 is 1.33 bits per heavy atom. The fraction of sp³-hybridized carbons (Fsp3) is 0.240. The molecule has 0 saturated carbocycles. The van der Waals surface area contributed by atoms with E-state index in [1.807, 2.05) is 30.3 Å². The van der Waals surface area contributed by atoms with Crippen LogP contribution in [0.15, 0.2) is 83.8 Å². The van der Waals surface area contributed by atoms with Crippen LogP contribution in [0.5, 0.6) is 11.5 Å². The Hall–Kier alpha value is -3.36. The van der Waals surface area contributed by atoms with Crippen LogP contribution in [-0.2, 0) is 10.0 Å². The van der Waals surface area contributed by atoms with Crippen LogP contribution in [0.25, 0.3) is 0 Å². The quantitative estimate of drug-likeness (QED) is 0.421. The van der Waals surface area contributed by atoms with Gasteiger partial charge in [0.1, 0.15) is 24.7 Å². The van der Waals surface area contributed by atoms with Crippen LogP contribution in [0.2, 0.25) is 0 Å². The van der Waals surface area contributed by atoms with E-state index in [1.54, 1.807) is 50.2 Å². The topological polar surface area (TPSA) is 84.9 Å². The van der Waals surface area contributed by atoms with Crippen molar-refractivity contribution in [3.8, 4) is 11.5 Å². The van der Waals surface area contributed by atoms with Gasteiger partial charge in [0, 0.05) is 24.3 Å². The predicted molar refractivity (Wildman–Crippen MR) is 128 cm³/mol. The molecule has 0 radical (unpaired) electrons. The van der Waals surface area contributed by atoms with Crippen molar-refractivity contribution in [2.24, 2.45) is 0 Å². The smallest absolute Gasteiger partial charge is 0.255 e. The summed E-state index contributed by atoms with van der Waals surface area (Å²) in [6.07, 6.45) is 0. The average molecular weight is 469 g/mol. The van der Waals surface area contributed by atoms with Crippen molar-refractivity contribution in [2.45, 2.75) is 18.7 Å². The van der Waals surface area contributed by atoms with Crippen LogP contribution in [-0.4, -0.2) is 44.9 Å². The minimum atomic E-state index is -3.53. The van der Waals surface area contributed by atoms with E-state index < -0.39 is 10.0 Å². The van der Waals surface area contributed by atoms with E-state index in [2.05, 4.69) is 5.32 Å². The number of hydrogen-bond donors (Lipinski definition) is 1. The number of amides is 1. The van der Waals surface area contributed by atoms with Crippen molar-refractivity contribution in [3.05, 3.63) is 84.4 Å². The highest BCUT2D eigenvalue weighted by Crippen LogP contribution is 2.19. The first-order chi connectivity index (χ1) is 15.9. The largest absolute Gasteiger partial charge is 0.490 e. The molecule has 3 aromatic carbocycles. The van der Waals surface area contributed by atoms with Crippen LogP contribution >= 0.6 is 0 Å². The van der Waals surface area contributed by atoms with Gasteiger partial charge in [-0.05, 0) is 60.7 Å². The molecule has 0 spiro atoms. The van der Waals surface area contributed by atoms with Crippen molar-refractivity contribution >= 4 is 21.6 Å². The molecule has 0 aliphatic rings. The number of anilines is 1. The molecular formula is C25H28N2O5S. The molecule has 3 aromatic rings. The second-order valence-electron chi connectivity index (χ2n) is 7.10. The zero-order chi connectivity index (χ0) is 23.7. The number of hydrogen-bond acceptors (Lipinski definition) is 5. The third-order valence-corrected chi connectivity index (χ3v) is 7.00. The maximum absolute atomic E-state index is 12.6. The maximum Gasteiger partial charge on any atom is 0.255 e. The van der Waals surface area contributed by atoms with Crippen LogP contribution in [0.1, 0.15) is 24.2 Å². The molecule has 0 saturated heterocycles. The Bertz CT molecular complexity index is 1130. The lowest BCUT2D eigenvalue weighted by Crippen LogP contribution is -2.30. The number of ether oxygens (including phenoxy) is 2. The van der Waals surface area contributed by atoms with Gasteiger partial charge in [-0.25, -0.2) is 8.42 Å². The first kappa shape index (κ1) is 24.3. The maximum atomic E-state index is 12.6. The van der Waals surface area contributed by atoms with Gasteiger partial charge in [0.25, 0.3) is 5.91 Å². The molecule has 0 bridgehead atoms. The summed E-state index contributed by atoms with van der Waals surface area (Å²) in [6.45, 7) is 5.18. The molecule has 0 aliphatic heterocycles. The highest BCUT2D eigenvalue weighted by Gasteiger charge is 2.21. The first-order valence-corrected chi connectivity index (χ1v) is 12.2. The molecule has 0 aliphatic carbocycles. The lowest BCUT2D eigenvalue weighted by molar-refractivity contribution is 0.102. The van der Waals surface area contributed by atoms with Gasteiger partial charge in [-0.3, -0.25) is 4.79 Å². The molecule has 0 atom stereocenters. The molecule has 0 aromatic heterocycles. The van der Waals surface area contributed by atoms with E-state index in [4.69, 9.17) is 9.47 Å². The zero-order valence-corrected chi connectivity index (χ0v) is 19.5. The number of nitrogens with zero attached hydrogens (tertiary/aromatic N) is 1. The number of rotatable bonds is 11. The summed E-state index contributed by atoms with van der Waals surface area (Å²) in [5.41, 5.74) is 0.972. The predicted octanol–water partition coefficient (Wildman–Crippen LogP) is 4.43. The second kappa shape index (κ2) is 11.5. The zero-order valence-electron chi connectivity index (χ0n) is 18.7. The summed E-state index contributed by atoms with van der Waals surface area (Å²) in [5, 5.41) is 2.78. The standard InChI is InChI=1S/C25H28N2O5S/c1-3-27(4-2)33(29,30)24-16-12-21(13-17-24)26-25(28)20-10-14-23(15-11-20)32-19-18-31-22-8-6-5-7-9-22/h5-17H,3-4,18-19H2,1-2H3,(H,26,28). The van der Waals surface area contributed by atoms with E-state index in [1.165, 1.54) is 16.4 Å². The van der Waals surface area contributed by atoms with E-state index in [9.17, 15) is 13.2 Å². The van der Waals surface area contributed by atoms with Gasteiger partial charge in [-0.1, -0.05) is 32.0 Å². The number of carbonyl (C=O) groups excluding carboxylic acids is 1. The lowest BCUT2D eigenvalue weighted by atomic mass is 10.2. The molecule has 0 fully saturated rings. The number of benzene rings is 3. The van der Waals surface area contributed by atoms with Crippen molar-refractivity contribution < 1.29 is 22.7 Å². The Morgan fingerprint density at radius 3 is 1.88 bits per heavy atom. The van der Waals surface area contributed by atoms with E-state index in [0.717, 1.165) is 5.75 Å². The molecular weight excluding hydrogens is 440 g/mol. The highest BCUT2D eigenvalue weighted by molar-refractivity contribution is 7.89. The minimum Gasteiger partial charge on any atom is -0.490 e. The molecule has 1 N–H and O–H groups in total. The summed E-state index contributed by atoms with van der Waals surface area (Å²) >= 11 is 0. The average Bonchev–Trinajstić information content (AvgIpc) is 2.84. The summed E-state index contributed by atoms with van der Waals surface area (Å²) in [5.74, 6) is 1.12. The number of sulfonamides is 1. The monoisotopic (exact) mass is 468 g/mol. The SMILES string of the molecule is CCN(CC)S(=O)(=O)c1ccc(NC(=O)c2ccc(OCCOc3ccccc3)cc2)cc1. The molecule has 1 amide bonds. The van der Waals surface area contributed by atoms with Crippen LogP contribution in [0.4, 0.5) is 5.69 Å². The van der Waals surface area contributed by atoms with Crippen molar-refractivity contribution in [1.29, 1.82) is 0 Å². The van der Waals surface area contributed by atoms with Gasteiger partial charge in [0.2, 0.25) is 10.0 Å².